The highest BCUT2D eigenvalue weighted by Gasteiger charge is 2.39. The molecule has 0 bridgehead atoms. The summed E-state index contributed by atoms with van der Waals surface area (Å²) in [6.07, 6.45) is 0. The Morgan fingerprint density at radius 2 is 1.50 bits per heavy atom. The zero-order valence-electron chi connectivity index (χ0n) is 11.5. The summed E-state index contributed by atoms with van der Waals surface area (Å²) in [5, 5.41) is 9.20. The van der Waals surface area contributed by atoms with Crippen molar-refractivity contribution < 1.29 is 14.4 Å². The second kappa shape index (κ2) is 4.53. The third-order valence-electron chi connectivity index (χ3n) is 3.14. The summed E-state index contributed by atoms with van der Waals surface area (Å²) in [5.41, 5.74) is -0.964. The van der Waals surface area contributed by atoms with E-state index in [0.29, 0.717) is 0 Å². The molecule has 4 nitrogen and oxygen atoms in total. The molecule has 0 N–H and O–H groups in total. The normalized spacial score (nSPS) is 14.0. The maximum absolute atomic E-state index is 12.3. The average Bonchev–Trinajstić information content (AvgIpc) is 2.64. The Morgan fingerprint density at radius 1 is 1.05 bits per heavy atom. The lowest BCUT2D eigenvalue weighted by molar-refractivity contribution is -0.122. The minimum absolute atomic E-state index is 0.252. The van der Waals surface area contributed by atoms with Gasteiger partial charge in [0, 0.05) is 16.5 Å². The van der Waals surface area contributed by atoms with Crippen LogP contribution in [0.3, 0.4) is 0 Å². The van der Waals surface area contributed by atoms with Gasteiger partial charge in [-0.2, -0.15) is 5.26 Å². The summed E-state index contributed by atoms with van der Waals surface area (Å²) in [6.45, 7) is 4.93. The van der Waals surface area contributed by atoms with E-state index in [0.717, 1.165) is 0 Å². The van der Waals surface area contributed by atoms with Crippen molar-refractivity contribution in [1.29, 1.82) is 5.26 Å². The second-order valence-electron chi connectivity index (χ2n) is 5.64. The van der Waals surface area contributed by atoms with Gasteiger partial charge in [0.05, 0.1) is 5.57 Å². The van der Waals surface area contributed by atoms with Gasteiger partial charge in [-0.25, -0.2) is 0 Å². The summed E-state index contributed by atoms with van der Waals surface area (Å²) in [7, 11) is 0. The van der Waals surface area contributed by atoms with Crippen molar-refractivity contribution in [3.63, 3.8) is 0 Å². The maximum atomic E-state index is 12.3. The molecule has 0 radical (unpaired) electrons. The second-order valence-corrected chi connectivity index (χ2v) is 5.64. The number of hydrogen-bond acceptors (Lipinski definition) is 4. The topological polar surface area (TPSA) is 75.0 Å². The third kappa shape index (κ3) is 1.97. The predicted octanol–water partition coefficient (Wildman–Crippen LogP) is 2.50. The lowest BCUT2D eigenvalue weighted by Gasteiger charge is -2.16. The van der Waals surface area contributed by atoms with Crippen molar-refractivity contribution in [2.24, 2.45) is 5.41 Å². The van der Waals surface area contributed by atoms with Gasteiger partial charge >= 0.3 is 0 Å². The molecule has 0 heterocycles. The van der Waals surface area contributed by atoms with Crippen LogP contribution in [0.25, 0.3) is 0 Å². The van der Waals surface area contributed by atoms with E-state index in [-0.39, 0.29) is 22.3 Å². The molecule has 0 aliphatic heterocycles. The summed E-state index contributed by atoms with van der Waals surface area (Å²) >= 11 is 0. The van der Waals surface area contributed by atoms with Gasteiger partial charge in [-0.1, -0.05) is 45.0 Å². The van der Waals surface area contributed by atoms with E-state index in [9.17, 15) is 19.6 Å². The predicted molar refractivity (Wildman–Crippen MR) is 72.2 cm³/mol. The molecule has 20 heavy (non-hydrogen) atoms. The van der Waals surface area contributed by atoms with Crippen LogP contribution >= 0.6 is 0 Å². The molecule has 0 aromatic heterocycles. The zero-order chi connectivity index (χ0) is 15.1. The van der Waals surface area contributed by atoms with Crippen molar-refractivity contribution in [2.45, 2.75) is 20.8 Å². The van der Waals surface area contributed by atoms with E-state index < -0.39 is 22.8 Å². The van der Waals surface area contributed by atoms with Gasteiger partial charge in [0.1, 0.15) is 11.6 Å². The van der Waals surface area contributed by atoms with Gasteiger partial charge in [-0.15, -0.1) is 0 Å². The standard InChI is InChI=1S/C16H13NO3/c1-16(2,3)15(20)11(8-17)12-13(18)9-6-4-5-7-10(9)14(12)19/h4-7H,1-3H3. The van der Waals surface area contributed by atoms with Gasteiger partial charge in [0.25, 0.3) is 0 Å². The van der Waals surface area contributed by atoms with Crippen molar-refractivity contribution in [2.75, 3.05) is 0 Å². The molecule has 2 rings (SSSR count). The van der Waals surface area contributed by atoms with Gasteiger partial charge in [0.15, 0.2) is 17.3 Å². The number of fused-ring (bicyclic) bond motifs is 1. The van der Waals surface area contributed by atoms with Gasteiger partial charge in [-0.05, 0) is 0 Å². The summed E-state index contributed by atoms with van der Waals surface area (Å²) in [6, 6.07) is 8.08. The number of nitriles is 1. The number of Topliss-reactive ketones (excluding diaryl/α,β-unsaturated/α-hetero) is 3. The fourth-order valence-electron chi connectivity index (χ4n) is 2.07. The molecule has 0 amide bonds. The Morgan fingerprint density at radius 3 is 1.85 bits per heavy atom. The van der Waals surface area contributed by atoms with E-state index in [1.54, 1.807) is 39.0 Å². The molecule has 0 fully saturated rings. The molecule has 100 valence electrons. The van der Waals surface area contributed by atoms with Crippen LogP contribution in [0.5, 0.6) is 0 Å². The zero-order valence-corrected chi connectivity index (χ0v) is 11.5. The number of rotatable bonds is 1. The number of carbonyl (C=O) groups is 3. The maximum Gasteiger partial charge on any atom is 0.199 e. The fourth-order valence-corrected chi connectivity index (χ4v) is 2.07. The third-order valence-corrected chi connectivity index (χ3v) is 3.14. The first-order chi connectivity index (χ1) is 9.29. The monoisotopic (exact) mass is 267 g/mol. The van der Waals surface area contributed by atoms with E-state index in [2.05, 4.69) is 0 Å². The molecule has 1 aliphatic carbocycles. The van der Waals surface area contributed by atoms with Gasteiger partial charge < -0.3 is 0 Å². The van der Waals surface area contributed by atoms with E-state index in [4.69, 9.17) is 0 Å². The highest BCUT2D eigenvalue weighted by Crippen LogP contribution is 2.31. The largest absolute Gasteiger partial charge is 0.293 e. The van der Waals surface area contributed by atoms with Crippen LogP contribution in [-0.2, 0) is 4.79 Å². The van der Waals surface area contributed by atoms with Crippen molar-refractivity contribution in [3.8, 4) is 6.07 Å². The molecule has 0 saturated carbocycles. The van der Waals surface area contributed by atoms with Crippen LogP contribution in [0.15, 0.2) is 35.4 Å². The Labute approximate surface area is 116 Å². The fraction of sp³-hybridized carbons (Fsp3) is 0.250. The number of carbonyl (C=O) groups excluding carboxylic acids is 3. The summed E-state index contributed by atoms with van der Waals surface area (Å²) in [5.74, 6) is -1.58. The number of ketones is 3. The lowest BCUT2D eigenvalue weighted by Crippen LogP contribution is -2.24. The quantitative estimate of drug-likeness (QED) is 0.445. The molecule has 1 aliphatic rings. The van der Waals surface area contributed by atoms with Crippen molar-refractivity contribution in [3.05, 3.63) is 46.5 Å². The summed E-state index contributed by atoms with van der Waals surface area (Å²) in [4.78, 5) is 36.8. The number of benzene rings is 1. The number of allylic oxidation sites excluding steroid dienone is 2. The Bertz CT molecular complexity index is 675. The molecule has 1 aromatic rings. The molecular formula is C16H13NO3. The minimum atomic E-state index is -0.826. The number of hydrogen-bond donors (Lipinski definition) is 0. The Hall–Kier alpha value is -2.54. The van der Waals surface area contributed by atoms with Gasteiger partial charge in [-0.3, -0.25) is 14.4 Å². The first-order valence-corrected chi connectivity index (χ1v) is 6.16. The van der Waals surface area contributed by atoms with Crippen LogP contribution < -0.4 is 0 Å². The Kier molecular flexibility index (Phi) is 3.15. The molecule has 0 spiro atoms. The van der Waals surface area contributed by atoms with Crippen LogP contribution in [0.1, 0.15) is 41.5 Å². The van der Waals surface area contributed by atoms with E-state index in [1.807, 2.05) is 0 Å². The van der Waals surface area contributed by atoms with Gasteiger partial charge in [0.2, 0.25) is 0 Å². The molecule has 4 heteroatoms. The molecule has 0 atom stereocenters. The summed E-state index contributed by atoms with van der Waals surface area (Å²) < 4.78 is 0. The van der Waals surface area contributed by atoms with Crippen LogP contribution in [-0.4, -0.2) is 17.3 Å². The minimum Gasteiger partial charge on any atom is -0.293 e. The highest BCUT2D eigenvalue weighted by molar-refractivity contribution is 6.42. The lowest BCUT2D eigenvalue weighted by atomic mass is 9.84. The molecular weight excluding hydrogens is 254 g/mol. The van der Waals surface area contributed by atoms with Crippen molar-refractivity contribution in [1.82, 2.24) is 0 Å². The molecule has 0 saturated heterocycles. The smallest absolute Gasteiger partial charge is 0.199 e. The van der Waals surface area contributed by atoms with E-state index >= 15 is 0 Å². The highest BCUT2D eigenvalue weighted by atomic mass is 16.2. The average molecular weight is 267 g/mol. The Balaban J connectivity index is 2.68. The first kappa shape index (κ1) is 13.9. The van der Waals surface area contributed by atoms with Crippen LogP contribution in [0.2, 0.25) is 0 Å². The van der Waals surface area contributed by atoms with Crippen molar-refractivity contribution >= 4 is 17.3 Å². The molecule has 0 unspecified atom stereocenters. The first-order valence-electron chi connectivity index (χ1n) is 6.16. The van der Waals surface area contributed by atoms with Crippen LogP contribution in [0.4, 0.5) is 0 Å². The van der Waals surface area contributed by atoms with Crippen LogP contribution in [0, 0.1) is 16.7 Å². The number of nitrogens with zero attached hydrogens (tertiary/aromatic N) is 1. The van der Waals surface area contributed by atoms with E-state index in [1.165, 1.54) is 12.1 Å². The molecule has 1 aromatic carbocycles. The SMILES string of the molecule is CC(C)(C)C(=O)C(C#N)=C1C(=O)c2ccccc2C1=O.